The number of nitrogens with one attached hydrogen (secondary N) is 1. The average Bonchev–Trinajstić information content (AvgIpc) is 3.34. The fourth-order valence-electron chi connectivity index (χ4n) is 5.46. The van der Waals surface area contributed by atoms with Gasteiger partial charge in [-0.3, -0.25) is 4.98 Å². The fraction of sp³-hybridized carbons (Fsp3) is 0.333. The van der Waals surface area contributed by atoms with Gasteiger partial charge in [-0.05, 0) is 50.4 Å². The number of fused-ring (bicyclic) bond motifs is 2. The van der Waals surface area contributed by atoms with Crippen LogP contribution in [0.1, 0.15) is 35.4 Å². The third kappa shape index (κ3) is 2.98. The van der Waals surface area contributed by atoms with Gasteiger partial charge in [-0.15, -0.1) is 5.10 Å². The average molecular weight is 462 g/mol. The van der Waals surface area contributed by atoms with Crippen LogP contribution >= 0.6 is 11.6 Å². The monoisotopic (exact) mass is 461 g/mol. The van der Waals surface area contributed by atoms with Crippen molar-refractivity contribution in [1.29, 1.82) is 0 Å². The molecule has 3 N–H and O–H groups in total. The Hall–Kier alpha value is -3.07. The first-order valence-corrected chi connectivity index (χ1v) is 11.5. The highest BCUT2D eigenvalue weighted by molar-refractivity contribution is 6.32. The zero-order valence-electron chi connectivity index (χ0n) is 18.3. The van der Waals surface area contributed by atoms with Gasteiger partial charge in [0.25, 0.3) is 0 Å². The molecule has 3 aromatic heterocycles. The van der Waals surface area contributed by atoms with Gasteiger partial charge in [0.05, 0.1) is 29.3 Å². The number of halogens is 1. The fourth-order valence-corrected chi connectivity index (χ4v) is 5.61. The molecule has 0 radical (unpaired) electrons. The van der Waals surface area contributed by atoms with E-state index in [1.807, 2.05) is 13.0 Å². The van der Waals surface area contributed by atoms with Gasteiger partial charge in [0.15, 0.2) is 5.75 Å². The quantitative estimate of drug-likeness (QED) is 0.483. The first-order valence-electron chi connectivity index (χ1n) is 11.1. The van der Waals surface area contributed by atoms with E-state index in [4.69, 9.17) is 27.2 Å². The van der Waals surface area contributed by atoms with Crippen LogP contribution in [-0.2, 0) is 12.0 Å². The van der Waals surface area contributed by atoms with Crippen LogP contribution in [0.4, 0.5) is 0 Å². The maximum atomic E-state index is 7.38. The Balaban J connectivity index is 1.49. The minimum absolute atomic E-state index is 0.123. The second kappa shape index (κ2) is 7.48. The molecule has 1 atom stereocenters. The molecule has 9 heteroatoms. The van der Waals surface area contributed by atoms with Crippen molar-refractivity contribution >= 4 is 22.8 Å². The van der Waals surface area contributed by atoms with Gasteiger partial charge < -0.3 is 15.9 Å². The lowest BCUT2D eigenvalue weighted by molar-refractivity contribution is 0.117. The molecule has 33 heavy (non-hydrogen) atoms. The predicted molar refractivity (Wildman–Crippen MR) is 125 cm³/mol. The number of aromatic nitrogens is 5. The number of rotatable bonds is 3. The highest BCUT2D eigenvalue weighted by atomic mass is 35.5. The summed E-state index contributed by atoms with van der Waals surface area (Å²) in [7, 11) is 0. The van der Waals surface area contributed by atoms with Crippen molar-refractivity contribution in [3.05, 3.63) is 76.5 Å². The summed E-state index contributed by atoms with van der Waals surface area (Å²) in [6.45, 7) is 3.69. The number of nitrogens with zero attached hydrogens (tertiary/aromatic N) is 5. The molecule has 8 nitrogen and oxygen atoms in total. The molecule has 1 aliphatic carbocycles. The van der Waals surface area contributed by atoms with Crippen molar-refractivity contribution in [3.63, 3.8) is 0 Å². The van der Waals surface area contributed by atoms with Gasteiger partial charge in [-0.25, -0.2) is 9.97 Å². The summed E-state index contributed by atoms with van der Waals surface area (Å²) in [5.41, 5.74) is 11.4. The van der Waals surface area contributed by atoms with Gasteiger partial charge in [-0.2, -0.15) is 0 Å². The first kappa shape index (κ1) is 20.5. The molecule has 4 heterocycles. The van der Waals surface area contributed by atoms with E-state index in [1.165, 1.54) is 10.4 Å². The molecular formula is C24H24ClN7O. The van der Waals surface area contributed by atoms with E-state index in [9.17, 15) is 0 Å². The van der Waals surface area contributed by atoms with Crippen LogP contribution in [0.25, 0.3) is 11.2 Å². The molecule has 2 aliphatic rings. The summed E-state index contributed by atoms with van der Waals surface area (Å²) in [5, 5.41) is 8.25. The van der Waals surface area contributed by atoms with Gasteiger partial charge >= 0.3 is 0 Å². The SMILES string of the molecule is Cc1nccc(On2ncc3ncc(C4(N)c5ccccc5CC45CCNCC5)nc32)c1Cl. The van der Waals surface area contributed by atoms with Gasteiger partial charge in [0, 0.05) is 17.7 Å². The molecule has 1 spiro atoms. The summed E-state index contributed by atoms with van der Waals surface area (Å²) >= 11 is 6.38. The summed E-state index contributed by atoms with van der Waals surface area (Å²) in [4.78, 5) is 21.2. The molecule has 4 aromatic rings. The number of aryl methyl sites for hydroxylation is 1. The molecule has 0 amide bonds. The number of piperidine rings is 1. The normalized spacial score (nSPS) is 21.4. The highest BCUT2D eigenvalue weighted by Crippen LogP contribution is 2.56. The van der Waals surface area contributed by atoms with Crippen LogP contribution < -0.4 is 15.9 Å². The minimum Gasteiger partial charge on any atom is -0.354 e. The van der Waals surface area contributed by atoms with E-state index < -0.39 is 5.54 Å². The minimum atomic E-state index is -0.757. The molecule has 1 saturated heterocycles. The summed E-state index contributed by atoms with van der Waals surface area (Å²) < 4.78 is 0. The zero-order chi connectivity index (χ0) is 22.6. The standard InChI is InChI=1S/C24H24ClN7O/c1-15-21(25)19(6-9-28-15)33-32-22-18(13-30-32)29-14-20(31-22)24(26)17-5-3-2-4-16(17)12-23(24)7-10-27-11-8-23/h2-6,9,13-14,27H,7-8,10-12,26H2,1H3. The maximum absolute atomic E-state index is 7.38. The lowest BCUT2D eigenvalue weighted by Gasteiger charge is -2.46. The summed E-state index contributed by atoms with van der Waals surface area (Å²) in [5.74, 6) is 0.449. The van der Waals surface area contributed by atoms with E-state index in [2.05, 4.69) is 38.6 Å². The number of hydrogen-bond acceptors (Lipinski definition) is 7. The molecule has 168 valence electrons. The lowest BCUT2D eigenvalue weighted by Crippen LogP contribution is -2.55. The summed E-state index contributed by atoms with van der Waals surface area (Å²) in [6, 6.07) is 10.1. The van der Waals surface area contributed by atoms with Crippen molar-refractivity contribution in [1.82, 2.24) is 30.2 Å². The Bertz CT molecular complexity index is 1360. The maximum Gasteiger partial charge on any atom is 0.218 e. The van der Waals surface area contributed by atoms with Crippen molar-refractivity contribution < 1.29 is 4.84 Å². The van der Waals surface area contributed by atoms with Gasteiger partial charge in [-0.1, -0.05) is 40.7 Å². The van der Waals surface area contributed by atoms with E-state index in [1.54, 1.807) is 24.7 Å². The predicted octanol–water partition coefficient (Wildman–Crippen LogP) is 3.15. The number of nitrogens with two attached hydrogens (primary N) is 1. The molecule has 0 saturated carbocycles. The first-order chi connectivity index (χ1) is 16.0. The van der Waals surface area contributed by atoms with Crippen LogP contribution in [-0.4, -0.2) is 38.0 Å². The molecule has 1 aromatic carbocycles. The smallest absolute Gasteiger partial charge is 0.218 e. The third-order valence-corrected chi connectivity index (χ3v) is 7.69. The van der Waals surface area contributed by atoms with E-state index in [0.717, 1.165) is 43.6 Å². The van der Waals surface area contributed by atoms with E-state index >= 15 is 0 Å². The number of benzene rings is 1. The number of hydrogen-bond donors (Lipinski definition) is 2. The van der Waals surface area contributed by atoms with E-state index in [-0.39, 0.29) is 5.41 Å². The van der Waals surface area contributed by atoms with Crippen molar-refractivity contribution in [2.24, 2.45) is 11.1 Å². The topological polar surface area (TPSA) is 104 Å². The van der Waals surface area contributed by atoms with E-state index in [0.29, 0.717) is 27.6 Å². The lowest BCUT2D eigenvalue weighted by atomic mass is 9.63. The molecule has 1 aliphatic heterocycles. The second-order valence-electron chi connectivity index (χ2n) is 8.95. The Morgan fingerprint density at radius 3 is 2.79 bits per heavy atom. The van der Waals surface area contributed by atoms with Crippen LogP contribution in [0, 0.1) is 12.3 Å². The molecule has 0 bridgehead atoms. The van der Waals surface area contributed by atoms with Crippen LogP contribution in [0.5, 0.6) is 5.75 Å². The molecular weight excluding hydrogens is 438 g/mol. The van der Waals surface area contributed by atoms with Gasteiger partial charge in [0.1, 0.15) is 10.5 Å². The number of pyridine rings is 1. The van der Waals surface area contributed by atoms with Gasteiger partial charge in [0.2, 0.25) is 5.65 Å². The van der Waals surface area contributed by atoms with Crippen molar-refractivity contribution in [3.8, 4) is 5.75 Å². The zero-order valence-corrected chi connectivity index (χ0v) is 19.0. The Kier molecular flexibility index (Phi) is 4.65. The Morgan fingerprint density at radius 2 is 1.94 bits per heavy atom. The van der Waals surface area contributed by atoms with Crippen molar-refractivity contribution in [2.45, 2.75) is 31.7 Å². The molecule has 1 unspecified atom stereocenters. The van der Waals surface area contributed by atoms with Crippen LogP contribution in [0.3, 0.4) is 0 Å². The summed E-state index contributed by atoms with van der Waals surface area (Å²) in [6.07, 6.45) is 7.94. The Labute approximate surface area is 196 Å². The third-order valence-electron chi connectivity index (χ3n) is 7.23. The van der Waals surface area contributed by atoms with Crippen LogP contribution in [0.15, 0.2) is 48.9 Å². The van der Waals surface area contributed by atoms with Crippen molar-refractivity contribution in [2.75, 3.05) is 13.1 Å². The largest absolute Gasteiger partial charge is 0.354 e. The Morgan fingerprint density at radius 1 is 1.12 bits per heavy atom. The highest BCUT2D eigenvalue weighted by Gasteiger charge is 2.57. The van der Waals surface area contributed by atoms with Crippen LogP contribution in [0.2, 0.25) is 5.02 Å². The molecule has 6 rings (SSSR count). The molecule has 1 fully saturated rings. The second-order valence-corrected chi connectivity index (χ2v) is 9.33.